The molecule has 2 aromatic heterocycles. The Morgan fingerprint density at radius 1 is 1.45 bits per heavy atom. The third-order valence-corrected chi connectivity index (χ3v) is 5.34. The zero-order valence-corrected chi connectivity index (χ0v) is 16.9. The van der Waals surface area contributed by atoms with Crippen LogP contribution in [0.1, 0.15) is 28.8 Å². The van der Waals surface area contributed by atoms with E-state index < -0.39 is 11.7 Å². The lowest BCUT2D eigenvalue weighted by molar-refractivity contribution is -0.127. The maximum Gasteiger partial charge on any atom is 0.251 e. The Hall–Kier alpha value is -3.23. The van der Waals surface area contributed by atoms with Crippen LogP contribution in [0.2, 0.25) is 0 Å². The number of likely N-dealkylation sites (tertiary alicyclic amines) is 1. The molecule has 3 heterocycles. The van der Waals surface area contributed by atoms with Crippen molar-refractivity contribution < 1.29 is 14.0 Å². The average molecular weight is 400 g/mol. The largest absolute Gasteiger partial charge is 0.366 e. The number of aromatic nitrogens is 3. The van der Waals surface area contributed by atoms with Gasteiger partial charge in [0.15, 0.2) is 11.6 Å². The smallest absolute Gasteiger partial charge is 0.251 e. The molecule has 3 rings (SSSR count). The number of primary amides is 1. The van der Waals surface area contributed by atoms with Gasteiger partial charge in [-0.1, -0.05) is 6.58 Å². The van der Waals surface area contributed by atoms with E-state index in [4.69, 9.17) is 5.73 Å². The molecule has 0 bridgehead atoms. The molecule has 0 unspecified atom stereocenters. The van der Waals surface area contributed by atoms with Crippen LogP contribution in [0, 0.1) is 12.7 Å². The molecule has 0 saturated carbocycles. The normalized spacial score (nSPS) is 16.6. The standard InChI is InChI=1S/C20H25FN6O2/c1-5-15(28)27-8-6-7-14(11-27)26(4)20-17(21)12(2)16(19(22)29)18(24-20)13-9-23-25(3)10-13/h5,9-10,14H,1,6-8,11H2,2-4H3,(H2,22,29)/t14-/m1/s1. The summed E-state index contributed by atoms with van der Waals surface area (Å²) in [6.45, 7) is 6.14. The van der Waals surface area contributed by atoms with Crippen molar-refractivity contribution in [3.8, 4) is 11.3 Å². The molecule has 0 aliphatic carbocycles. The van der Waals surface area contributed by atoms with E-state index in [1.54, 1.807) is 41.0 Å². The highest BCUT2D eigenvalue weighted by Gasteiger charge is 2.30. The van der Waals surface area contributed by atoms with Crippen molar-refractivity contribution in [3.63, 3.8) is 0 Å². The van der Waals surface area contributed by atoms with Crippen LogP contribution in [-0.4, -0.2) is 57.7 Å². The van der Waals surface area contributed by atoms with E-state index in [0.29, 0.717) is 24.3 Å². The summed E-state index contributed by atoms with van der Waals surface area (Å²) in [7, 11) is 3.48. The highest BCUT2D eigenvalue weighted by atomic mass is 19.1. The van der Waals surface area contributed by atoms with Gasteiger partial charge >= 0.3 is 0 Å². The molecule has 0 radical (unpaired) electrons. The van der Waals surface area contributed by atoms with Crippen LogP contribution in [0.3, 0.4) is 0 Å². The lowest BCUT2D eigenvalue weighted by atomic mass is 10.0. The zero-order valence-electron chi connectivity index (χ0n) is 16.9. The molecule has 1 aliphatic heterocycles. The Balaban J connectivity index is 2.05. The van der Waals surface area contributed by atoms with E-state index in [1.807, 2.05) is 0 Å². The molecule has 1 fully saturated rings. The third-order valence-electron chi connectivity index (χ3n) is 5.34. The van der Waals surface area contributed by atoms with Gasteiger partial charge in [-0.25, -0.2) is 9.37 Å². The number of anilines is 1. The van der Waals surface area contributed by atoms with E-state index in [1.165, 1.54) is 13.0 Å². The Morgan fingerprint density at radius 2 is 2.17 bits per heavy atom. The Morgan fingerprint density at radius 3 is 2.76 bits per heavy atom. The molecule has 0 spiro atoms. The summed E-state index contributed by atoms with van der Waals surface area (Å²) >= 11 is 0. The molecule has 29 heavy (non-hydrogen) atoms. The van der Waals surface area contributed by atoms with Crippen LogP contribution in [0.15, 0.2) is 25.0 Å². The van der Waals surface area contributed by atoms with Gasteiger partial charge in [-0.05, 0) is 25.8 Å². The average Bonchev–Trinajstić information content (AvgIpc) is 3.14. The summed E-state index contributed by atoms with van der Waals surface area (Å²) in [6.07, 6.45) is 6.12. The summed E-state index contributed by atoms with van der Waals surface area (Å²) < 4.78 is 16.8. The number of carbonyl (C=O) groups excluding carboxylic acids is 2. The third kappa shape index (κ3) is 3.85. The maximum absolute atomic E-state index is 15.2. The fraction of sp³-hybridized carbons (Fsp3) is 0.400. The van der Waals surface area contributed by atoms with E-state index in [9.17, 15) is 9.59 Å². The second kappa shape index (κ2) is 8.02. The first-order valence-corrected chi connectivity index (χ1v) is 9.37. The number of halogens is 1. The van der Waals surface area contributed by atoms with Crippen LogP contribution >= 0.6 is 0 Å². The summed E-state index contributed by atoms with van der Waals surface area (Å²) in [4.78, 5) is 31.9. The van der Waals surface area contributed by atoms with Gasteiger partial charge in [0.2, 0.25) is 5.91 Å². The number of hydrogen-bond acceptors (Lipinski definition) is 5. The number of hydrogen-bond donors (Lipinski definition) is 1. The summed E-state index contributed by atoms with van der Waals surface area (Å²) in [5.41, 5.74) is 6.58. The highest BCUT2D eigenvalue weighted by molar-refractivity contribution is 6.00. The van der Waals surface area contributed by atoms with Gasteiger partial charge in [-0.15, -0.1) is 0 Å². The number of piperidine rings is 1. The van der Waals surface area contributed by atoms with Crippen molar-refractivity contribution in [1.29, 1.82) is 0 Å². The molecular formula is C20H25FN6O2. The maximum atomic E-state index is 15.2. The van der Waals surface area contributed by atoms with Crippen LogP contribution in [0.5, 0.6) is 0 Å². The lowest BCUT2D eigenvalue weighted by Gasteiger charge is -2.38. The molecular weight excluding hydrogens is 375 g/mol. The Labute approximate surface area is 168 Å². The van der Waals surface area contributed by atoms with Crippen LogP contribution in [-0.2, 0) is 11.8 Å². The predicted octanol–water partition coefficient (Wildman–Crippen LogP) is 1.64. The first-order chi connectivity index (χ1) is 13.7. The molecule has 2 amide bonds. The van der Waals surface area contributed by atoms with Crippen molar-refractivity contribution in [2.45, 2.75) is 25.8 Å². The number of nitrogens with zero attached hydrogens (tertiary/aromatic N) is 5. The van der Waals surface area contributed by atoms with E-state index in [-0.39, 0.29) is 28.9 Å². The molecule has 2 aromatic rings. The van der Waals surface area contributed by atoms with Crippen molar-refractivity contribution in [3.05, 3.63) is 42.0 Å². The van der Waals surface area contributed by atoms with Crippen LogP contribution in [0.4, 0.5) is 10.2 Å². The number of amides is 2. The minimum absolute atomic E-state index is 0.0414. The van der Waals surface area contributed by atoms with Gasteiger partial charge in [0, 0.05) is 50.6 Å². The van der Waals surface area contributed by atoms with Gasteiger partial charge in [0.25, 0.3) is 5.91 Å². The first-order valence-electron chi connectivity index (χ1n) is 9.37. The first kappa shape index (κ1) is 20.5. The summed E-state index contributed by atoms with van der Waals surface area (Å²) in [5, 5.41) is 4.11. The van der Waals surface area contributed by atoms with Crippen molar-refractivity contribution in [2.24, 2.45) is 12.8 Å². The molecule has 154 valence electrons. The molecule has 2 N–H and O–H groups in total. The molecule has 1 saturated heterocycles. The molecule has 8 nitrogen and oxygen atoms in total. The lowest BCUT2D eigenvalue weighted by Crippen LogP contribution is -2.48. The minimum atomic E-state index is -0.748. The van der Waals surface area contributed by atoms with Crippen LogP contribution in [0.25, 0.3) is 11.3 Å². The molecule has 0 aromatic carbocycles. The van der Waals surface area contributed by atoms with Gasteiger partial charge < -0.3 is 15.5 Å². The fourth-order valence-corrected chi connectivity index (χ4v) is 3.73. The quantitative estimate of drug-likeness (QED) is 0.770. The minimum Gasteiger partial charge on any atom is -0.366 e. The molecule has 1 atom stereocenters. The van der Waals surface area contributed by atoms with Crippen LogP contribution < -0.4 is 10.6 Å². The number of likely N-dealkylation sites (N-methyl/N-ethyl adjacent to an activating group) is 1. The number of nitrogens with two attached hydrogens (primary N) is 1. The second-order valence-electron chi connectivity index (χ2n) is 7.26. The van der Waals surface area contributed by atoms with Crippen molar-refractivity contribution in [2.75, 3.05) is 25.0 Å². The molecule has 9 heteroatoms. The van der Waals surface area contributed by atoms with Gasteiger partial charge in [-0.3, -0.25) is 14.3 Å². The van der Waals surface area contributed by atoms with Gasteiger partial charge in [0.05, 0.1) is 17.5 Å². The van der Waals surface area contributed by atoms with Gasteiger partial charge in [-0.2, -0.15) is 5.10 Å². The van der Waals surface area contributed by atoms with E-state index in [2.05, 4.69) is 16.7 Å². The number of carbonyl (C=O) groups is 2. The summed E-state index contributed by atoms with van der Waals surface area (Å²) in [6, 6.07) is -0.116. The topological polar surface area (TPSA) is 97.3 Å². The predicted molar refractivity (Wildman–Crippen MR) is 108 cm³/mol. The number of rotatable bonds is 5. The Kier molecular flexibility index (Phi) is 5.67. The monoisotopic (exact) mass is 400 g/mol. The zero-order chi connectivity index (χ0) is 21.3. The Bertz CT molecular complexity index is 970. The van der Waals surface area contributed by atoms with Crippen molar-refractivity contribution in [1.82, 2.24) is 19.7 Å². The SMILES string of the molecule is C=CC(=O)N1CCC[C@@H](N(C)c2nc(-c3cnn(C)c3)c(C(N)=O)c(C)c2F)C1. The van der Waals surface area contributed by atoms with Gasteiger partial charge in [0.1, 0.15) is 0 Å². The van der Waals surface area contributed by atoms with E-state index >= 15 is 4.39 Å². The number of pyridine rings is 1. The van der Waals surface area contributed by atoms with Crippen molar-refractivity contribution >= 4 is 17.6 Å². The number of aryl methyl sites for hydroxylation is 1. The second-order valence-corrected chi connectivity index (χ2v) is 7.26. The van der Waals surface area contributed by atoms with E-state index in [0.717, 1.165) is 12.8 Å². The highest BCUT2D eigenvalue weighted by Crippen LogP contribution is 2.32. The molecule has 1 aliphatic rings. The summed E-state index contributed by atoms with van der Waals surface area (Å²) in [5.74, 6) is -1.37. The fourth-order valence-electron chi connectivity index (χ4n) is 3.73.